The topological polar surface area (TPSA) is 101 Å². The van der Waals surface area contributed by atoms with Crippen LogP contribution in [0.5, 0.6) is 0 Å². The number of aromatic carboxylic acids is 1. The van der Waals surface area contributed by atoms with Gasteiger partial charge in [0.2, 0.25) is 5.52 Å². The van der Waals surface area contributed by atoms with Gasteiger partial charge in [-0.25, -0.2) is 9.78 Å². The Balaban J connectivity index is 0.000000298. The summed E-state index contributed by atoms with van der Waals surface area (Å²) in [5.74, 6) is -3.42. The van der Waals surface area contributed by atoms with Crippen LogP contribution in [-0.4, -0.2) is 36.4 Å². The van der Waals surface area contributed by atoms with E-state index in [0.717, 1.165) is 37.0 Å². The zero-order valence-corrected chi connectivity index (χ0v) is 13.5. The van der Waals surface area contributed by atoms with Gasteiger partial charge in [0.05, 0.1) is 10.9 Å². The van der Waals surface area contributed by atoms with Crippen LogP contribution in [0.3, 0.4) is 0 Å². The highest BCUT2D eigenvalue weighted by molar-refractivity contribution is 6.01. The number of aromatic nitrogens is 1. The third kappa shape index (κ3) is 4.92. The fraction of sp³-hybridized carbons (Fsp3) is 0.353. The lowest BCUT2D eigenvalue weighted by atomic mass is 9.90. The molecule has 0 amide bonds. The van der Waals surface area contributed by atoms with Crippen LogP contribution in [0.2, 0.25) is 0 Å². The number of carbonyl (C=O) groups is 2. The van der Waals surface area contributed by atoms with E-state index in [4.69, 9.17) is 14.6 Å². The first-order valence-electron chi connectivity index (χ1n) is 7.73. The average molecular weight is 371 g/mol. The molecule has 2 N–H and O–H groups in total. The minimum Gasteiger partial charge on any atom is -0.542 e. The van der Waals surface area contributed by atoms with Crippen LogP contribution in [0.15, 0.2) is 30.5 Å². The van der Waals surface area contributed by atoms with Gasteiger partial charge in [0, 0.05) is 25.3 Å². The van der Waals surface area contributed by atoms with Gasteiger partial charge in [-0.2, -0.15) is 13.2 Å². The molecule has 2 aromatic rings. The normalized spacial score (nSPS) is 15.2. The summed E-state index contributed by atoms with van der Waals surface area (Å²) in [4.78, 5) is 23.1. The van der Waals surface area contributed by atoms with E-state index in [1.54, 1.807) is 12.3 Å². The molecule has 2 heterocycles. The maximum Gasteiger partial charge on any atom is 0.430 e. The van der Waals surface area contributed by atoms with Crippen LogP contribution in [0, 0.1) is 0 Å². The third-order valence-corrected chi connectivity index (χ3v) is 3.98. The highest BCUT2D eigenvalue weighted by atomic mass is 19.4. The fourth-order valence-corrected chi connectivity index (χ4v) is 2.69. The van der Waals surface area contributed by atoms with Gasteiger partial charge in [-0.05, 0) is 30.4 Å². The Morgan fingerprint density at radius 2 is 1.81 bits per heavy atom. The third-order valence-electron chi connectivity index (χ3n) is 3.98. The molecule has 140 valence electrons. The van der Waals surface area contributed by atoms with E-state index in [1.807, 2.05) is 12.1 Å². The minimum absolute atomic E-state index is 0.350. The van der Waals surface area contributed by atoms with Crippen molar-refractivity contribution in [3.8, 4) is 0 Å². The molecule has 0 atom stereocenters. The van der Waals surface area contributed by atoms with E-state index >= 15 is 0 Å². The summed E-state index contributed by atoms with van der Waals surface area (Å²) in [5, 5.41) is 18.8. The molecular formula is C17H16F3NO5. The number of ether oxygens (including phenoxy) is 1. The van der Waals surface area contributed by atoms with E-state index in [2.05, 4.69) is 11.1 Å². The van der Waals surface area contributed by atoms with Crippen molar-refractivity contribution in [2.75, 3.05) is 13.2 Å². The van der Waals surface area contributed by atoms with E-state index in [-0.39, 0.29) is 0 Å². The number of hydrogen-bond donors (Lipinski definition) is 1. The predicted molar refractivity (Wildman–Crippen MR) is 81.3 cm³/mol. The largest absolute Gasteiger partial charge is 0.542 e. The van der Waals surface area contributed by atoms with Gasteiger partial charge in [0.15, 0.2) is 6.20 Å². The number of rotatable bonds is 2. The van der Waals surface area contributed by atoms with Crippen LogP contribution < -0.4 is 10.1 Å². The molecule has 26 heavy (non-hydrogen) atoms. The van der Waals surface area contributed by atoms with Gasteiger partial charge in [-0.3, -0.25) is 0 Å². The van der Waals surface area contributed by atoms with Gasteiger partial charge >= 0.3 is 12.1 Å². The maximum atomic E-state index is 11.3. The Bertz CT molecular complexity index is 801. The molecule has 1 aromatic heterocycles. The number of H-pyrrole nitrogens is 1. The lowest BCUT2D eigenvalue weighted by Crippen LogP contribution is -2.37. The standard InChI is InChI=1S/C15H15NO3.C2HF3O2/c17-15(18)12-3-6-16-14-2-1-11(9-13(12)14)10-4-7-19-8-5-10;3-2(4,5)1(6)7/h1-3,6,9-10H,4-5,7-8H2,(H,17,18);(H,6,7). The minimum atomic E-state index is -5.19. The number of hydrogen-bond acceptors (Lipinski definition) is 4. The zero-order chi connectivity index (χ0) is 19.3. The summed E-state index contributed by atoms with van der Waals surface area (Å²) < 4.78 is 36.9. The Morgan fingerprint density at radius 3 is 2.35 bits per heavy atom. The van der Waals surface area contributed by atoms with Gasteiger partial charge in [0.25, 0.3) is 0 Å². The average Bonchev–Trinajstić information content (AvgIpc) is 2.61. The second-order valence-electron chi connectivity index (χ2n) is 5.67. The van der Waals surface area contributed by atoms with Crippen molar-refractivity contribution in [3.05, 3.63) is 41.6 Å². The lowest BCUT2D eigenvalue weighted by molar-refractivity contribution is -0.344. The highest BCUT2D eigenvalue weighted by Gasteiger charge is 2.28. The van der Waals surface area contributed by atoms with E-state index in [9.17, 15) is 23.1 Å². The number of nitrogens with one attached hydrogen (secondary N) is 1. The number of carbonyl (C=O) groups excluding carboxylic acids is 1. The molecule has 1 aliphatic rings. The number of benzene rings is 1. The van der Waals surface area contributed by atoms with Crippen molar-refractivity contribution in [2.45, 2.75) is 24.9 Å². The Labute approximate surface area is 146 Å². The number of halogens is 3. The second kappa shape index (κ2) is 8.13. The number of carboxylic acid groups (broad SMARTS) is 2. The molecular weight excluding hydrogens is 355 g/mol. The fourth-order valence-electron chi connectivity index (χ4n) is 2.69. The van der Waals surface area contributed by atoms with Gasteiger partial charge < -0.3 is 19.7 Å². The molecule has 9 heteroatoms. The van der Waals surface area contributed by atoms with E-state index < -0.39 is 18.1 Å². The first-order valence-corrected chi connectivity index (χ1v) is 7.73. The monoisotopic (exact) mass is 371 g/mol. The quantitative estimate of drug-likeness (QED) is 0.863. The number of fused-ring (bicyclic) bond motifs is 1. The molecule has 1 saturated heterocycles. The molecule has 0 bridgehead atoms. The summed E-state index contributed by atoms with van der Waals surface area (Å²) in [6.07, 6.45) is -1.52. The van der Waals surface area contributed by atoms with E-state index in [0.29, 0.717) is 11.5 Å². The van der Waals surface area contributed by atoms with Crippen molar-refractivity contribution in [3.63, 3.8) is 0 Å². The number of alkyl halides is 3. The molecule has 0 spiro atoms. The molecule has 0 aliphatic carbocycles. The van der Waals surface area contributed by atoms with Crippen molar-refractivity contribution < 1.29 is 42.7 Å². The number of aliphatic carboxylic acids is 1. The molecule has 1 fully saturated rings. The number of pyridine rings is 1. The van der Waals surface area contributed by atoms with Crippen molar-refractivity contribution >= 4 is 22.8 Å². The summed E-state index contributed by atoms with van der Waals surface area (Å²) in [6, 6.07) is 7.66. The molecule has 0 radical (unpaired) electrons. The SMILES string of the molecule is O=C(O)c1cc[nH+]c2ccc(C3CCOCC3)cc12.O=C([O-])C(F)(F)F. The van der Waals surface area contributed by atoms with Crippen LogP contribution in [0.4, 0.5) is 13.2 Å². The smallest absolute Gasteiger partial charge is 0.430 e. The summed E-state index contributed by atoms with van der Waals surface area (Å²) in [6.45, 7) is 1.57. The zero-order valence-electron chi connectivity index (χ0n) is 13.5. The Hall–Kier alpha value is -2.68. The molecule has 1 aromatic carbocycles. The first kappa shape index (κ1) is 19.6. The molecule has 1 aliphatic heterocycles. The van der Waals surface area contributed by atoms with Crippen LogP contribution >= 0.6 is 0 Å². The number of aromatic amines is 1. The van der Waals surface area contributed by atoms with Gasteiger partial charge in [-0.15, -0.1) is 0 Å². The molecule has 0 saturated carbocycles. The highest BCUT2D eigenvalue weighted by Crippen LogP contribution is 2.29. The van der Waals surface area contributed by atoms with Crippen molar-refractivity contribution in [2.24, 2.45) is 0 Å². The molecule has 0 unspecified atom stereocenters. The predicted octanol–water partition coefficient (Wildman–Crippen LogP) is 1.54. The number of carboxylic acids is 2. The van der Waals surface area contributed by atoms with Crippen LogP contribution in [0.1, 0.15) is 34.7 Å². The first-order chi connectivity index (χ1) is 12.2. The summed E-state index contributed by atoms with van der Waals surface area (Å²) in [5.41, 5.74) is 2.41. The Kier molecular flexibility index (Phi) is 6.14. The van der Waals surface area contributed by atoms with Crippen LogP contribution in [0.25, 0.3) is 10.9 Å². The van der Waals surface area contributed by atoms with Gasteiger partial charge in [0.1, 0.15) is 5.97 Å². The Morgan fingerprint density at radius 1 is 1.19 bits per heavy atom. The van der Waals surface area contributed by atoms with E-state index in [1.165, 1.54) is 5.56 Å². The summed E-state index contributed by atoms with van der Waals surface area (Å²) in [7, 11) is 0. The van der Waals surface area contributed by atoms with Crippen LogP contribution in [-0.2, 0) is 9.53 Å². The maximum absolute atomic E-state index is 11.3. The van der Waals surface area contributed by atoms with Gasteiger partial charge in [-0.1, -0.05) is 6.07 Å². The lowest BCUT2D eigenvalue weighted by Gasteiger charge is -2.22. The second-order valence-corrected chi connectivity index (χ2v) is 5.67. The van der Waals surface area contributed by atoms with Crippen molar-refractivity contribution in [1.29, 1.82) is 0 Å². The summed E-state index contributed by atoms with van der Waals surface area (Å²) >= 11 is 0. The van der Waals surface area contributed by atoms with Crippen molar-refractivity contribution in [1.82, 2.24) is 0 Å². The molecule has 6 nitrogen and oxygen atoms in total. The molecule has 3 rings (SSSR count).